The van der Waals surface area contributed by atoms with Gasteiger partial charge in [-0.25, -0.2) is 4.68 Å². The Labute approximate surface area is 173 Å². The first-order valence-corrected chi connectivity index (χ1v) is 10.8. The molecule has 6 heteroatoms. The van der Waals surface area contributed by atoms with Gasteiger partial charge in [-0.1, -0.05) is 42.5 Å². The molecule has 0 aliphatic heterocycles. The number of hydrogen-bond donors (Lipinski definition) is 1. The van der Waals surface area contributed by atoms with E-state index < -0.39 is 0 Å². The molecule has 0 bridgehead atoms. The number of anilines is 1. The number of fused-ring (bicyclic) bond motifs is 1. The minimum Gasteiger partial charge on any atom is -0.365 e. The van der Waals surface area contributed by atoms with Gasteiger partial charge in [0.2, 0.25) is 0 Å². The number of rotatable bonds is 6. The first kappa shape index (κ1) is 18.1. The lowest BCUT2D eigenvalue weighted by Crippen LogP contribution is -2.30. The molecule has 0 amide bonds. The Morgan fingerprint density at radius 1 is 1.24 bits per heavy atom. The van der Waals surface area contributed by atoms with E-state index in [4.69, 9.17) is 5.10 Å². The Bertz CT molecular complexity index is 1060. The van der Waals surface area contributed by atoms with E-state index in [2.05, 4.69) is 46.7 Å². The normalized spacial score (nSPS) is 21.1. The highest BCUT2D eigenvalue weighted by Gasteiger charge is 2.39. The monoisotopic (exact) mass is 402 g/mol. The van der Waals surface area contributed by atoms with E-state index >= 15 is 0 Å². The number of nitrogens with one attached hydrogen (secondary N) is 1. The molecule has 1 fully saturated rings. The summed E-state index contributed by atoms with van der Waals surface area (Å²) in [5.74, 6) is 0.905. The molecule has 3 aromatic rings. The van der Waals surface area contributed by atoms with Crippen molar-refractivity contribution >= 4 is 35.7 Å². The lowest BCUT2D eigenvalue weighted by molar-refractivity contribution is -0.104. The highest BCUT2D eigenvalue weighted by Crippen LogP contribution is 2.44. The Hall–Kier alpha value is -2.99. The highest BCUT2D eigenvalue weighted by atomic mass is 32.1. The standard InChI is InChI=1S/C23H22N4OS/c28-13-5-12-27-20-14-23(21-15-24-16-29-21,17-6-2-1-3-7-17)11-10-19(20)22(26-27)25-18-8-4-9-18/h1-3,5-7,10-13,15-16,18H,4,8-9,14H2,(H,25,26). The minimum absolute atomic E-state index is 0.296. The van der Waals surface area contributed by atoms with Crippen LogP contribution in [0.2, 0.25) is 0 Å². The average molecular weight is 403 g/mol. The summed E-state index contributed by atoms with van der Waals surface area (Å²) in [7, 11) is 0. The van der Waals surface area contributed by atoms with Crippen LogP contribution < -0.4 is 5.32 Å². The van der Waals surface area contributed by atoms with Crippen LogP contribution in [0.4, 0.5) is 5.82 Å². The van der Waals surface area contributed by atoms with Crippen LogP contribution in [0.3, 0.4) is 0 Å². The van der Waals surface area contributed by atoms with E-state index in [1.54, 1.807) is 17.5 Å². The van der Waals surface area contributed by atoms with E-state index in [0.717, 1.165) is 29.8 Å². The summed E-state index contributed by atoms with van der Waals surface area (Å²) in [6.45, 7) is 0. The molecule has 5 rings (SSSR count). The number of aromatic nitrogens is 3. The second-order valence-corrected chi connectivity index (χ2v) is 8.50. The fraction of sp³-hybridized carbons (Fsp3) is 0.261. The first-order valence-electron chi connectivity index (χ1n) is 9.94. The van der Waals surface area contributed by atoms with Gasteiger partial charge in [0.25, 0.3) is 0 Å². The maximum atomic E-state index is 11.0. The van der Waals surface area contributed by atoms with Crippen LogP contribution in [-0.2, 0) is 16.6 Å². The van der Waals surface area contributed by atoms with Gasteiger partial charge >= 0.3 is 0 Å². The van der Waals surface area contributed by atoms with Gasteiger partial charge in [-0.05, 0) is 30.9 Å². The lowest BCUT2D eigenvalue weighted by atomic mass is 9.72. The second-order valence-electron chi connectivity index (χ2n) is 7.62. The summed E-state index contributed by atoms with van der Waals surface area (Å²) >= 11 is 1.67. The Morgan fingerprint density at radius 2 is 2.10 bits per heavy atom. The van der Waals surface area contributed by atoms with Crippen molar-refractivity contribution in [3.8, 4) is 0 Å². The van der Waals surface area contributed by atoms with E-state index in [-0.39, 0.29) is 5.41 Å². The predicted molar refractivity (Wildman–Crippen MR) is 117 cm³/mol. The molecular formula is C23H22N4OS. The van der Waals surface area contributed by atoms with E-state index in [1.165, 1.54) is 35.8 Å². The van der Waals surface area contributed by atoms with Crippen LogP contribution in [0.25, 0.3) is 12.3 Å². The molecule has 2 heterocycles. The van der Waals surface area contributed by atoms with Crippen LogP contribution >= 0.6 is 11.3 Å². The maximum Gasteiger partial charge on any atom is 0.156 e. The number of benzene rings is 1. The maximum absolute atomic E-state index is 11.0. The number of carbonyl (C=O) groups is 1. The zero-order valence-electron chi connectivity index (χ0n) is 16.0. The van der Waals surface area contributed by atoms with Crippen molar-refractivity contribution in [3.05, 3.63) is 75.9 Å². The van der Waals surface area contributed by atoms with E-state index in [1.807, 2.05) is 22.5 Å². The number of nitrogens with zero attached hydrogens (tertiary/aromatic N) is 3. The quantitative estimate of drug-likeness (QED) is 0.486. The molecule has 1 aromatic carbocycles. The Kier molecular flexibility index (Phi) is 4.64. The predicted octanol–water partition coefficient (Wildman–Crippen LogP) is 4.53. The van der Waals surface area contributed by atoms with Gasteiger partial charge in [0.1, 0.15) is 6.29 Å². The number of hydrogen-bond acceptors (Lipinski definition) is 5. The Balaban J connectivity index is 1.63. The molecule has 1 unspecified atom stereocenters. The first-order chi connectivity index (χ1) is 14.3. The molecule has 0 spiro atoms. The summed E-state index contributed by atoms with van der Waals surface area (Å²) < 4.78 is 1.85. The summed E-state index contributed by atoms with van der Waals surface area (Å²) in [4.78, 5) is 16.5. The molecule has 1 atom stereocenters. The van der Waals surface area contributed by atoms with Crippen LogP contribution in [0.15, 0.2) is 54.2 Å². The van der Waals surface area contributed by atoms with Crippen molar-refractivity contribution < 1.29 is 4.79 Å². The number of allylic oxidation sites excluding steroid dienone is 2. The molecule has 29 heavy (non-hydrogen) atoms. The second kappa shape index (κ2) is 7.44. The molecule has 146 valence electrons. The van der Waals surface area contributed by atoms with Crippen molar-refractivity contribution in [1.82, 2.24) is 14.8 Å². The summed E-state index contributed by atoms with van der Waals surface area (Å²) in [6.07, 6.45) is 14.9. The minimum atomic E-state index is -0.296. The summed E-state index contributed by atoms with van der Waals surface area (Å²) in [5.41, 5.74) is 5.03. The van der Waals surface area contributed by atoms with Gasteiger partial charge in [0, 0.05) is 35.3 Å². The fourth-order valence-electron chi connectivity index (χ4n) is 4.16. The van der Waals surface area contributed by atoms with Crippen molar-refractivity contribution in [3.63, 3.8) is 0 Å². The van der Waals surface area contributed by atoms with Gasteiger partial charge in [-0.2, -0.15) is 5.10 Å². The summed E-state index contributed by atoms with van der Waals surface area (Å²) in [5, 5.41) is 8.38. The third kappa shape index (κ3) is 3.13. The molecule has 5 nitrogen and oxygen atoms in total. The molecule has 0 saturated heterocycles. The van der Waals surface area contributed by atoms with E-state index in [9.17, 15) is 4.79 Å². The third-order valence-corrected chi connectivity index (χ3v) is 6.89. The zero-order chi connectivity index (χ0) is 19.7. The molecule has 2 aliphatic carbocycles. The van der Waals surface area contributed by atoms with Crippen LogP contribution in [0.5, 0.6) is 0 Å². The third-order valence-electron chi connectivity index (χ3n) is 5.94. The molecule has 1 saturated carbocycles. The van der Waals surface area contributed by atoms with Crippen LogP contribution in [-0.4, -0.2) is 27.1 Å². The lowest BCUT2D eigenvalue weighted by Gasteiger charge is -2.33. The molecule has 2 aromatic heterocycles. The largest absolute Gasteiger partial charge is 0.365 e. The van der Waals surface area contributed by atoms with Gasteiger partial charge in [0.15, 0.2) is 5.82 Å². The Morgan fingerprint density at radius 3 is 2.79 bits per heavy atom. The van der Waals surface area contributed by atoms with Crippen molar-refractivity contribution in [1.29, 1.82) is 0 Å². The van der Waals surface area contributed by atoms with Gasteiger partial charge in [0.05, 0.1) is 16.6 Å². The topological polar surface area (TPSA) is 59.8 Å². The molecule has 0 radical (unpaired) electrons. The number of aldehydes is 1. The number of thiazole rings is 1. The average Bonchev–Trinajstić information content (AvgIpc) is 3.38. The van der Waals surface area contributed by atoms with Crippen LogP contribution in [0.1, 0.15) is 41.0 Å². The zero-order valence-corrected chi connectivity index (χ0v) is 16.8. The van der Waals surface area contributed by atoms with Crippen molar-refractivity contribution in [2.45, 2.75) is 37.1 Å². The fourth-order valence-corrected chi connectivity index (χ4v) is 4.98. The molecule has 1 N–H and O–H groups in total. The van der Waals surface area contributed by atoms with Gasteiger partial charge in [-0.3, -0.25) is 9.78 Å². The highest BCUT2D eigenvalue weighted by molar-refractivity contribution is 7.09. The van der Waals surface area contributed by atoms with E-state index in [0.29, 0.717) is 6.04 Å². The SMILES string of the molecule is O=CC=Cn1nc(NC2CCC2)c2c1CC(c1ccccc1)(c1cncs1)C=C2. The number of carbonyl (C=O) groups excluding carboxylic acids is 1. The van der Waals surface area contributed by atoms with Gasteiger partial charge < -0.3 is 5.32 Å². The smallest absolute Gasteiger partial charge is 0.156 e. The summed E-state index contributed by atoms with van der Waals surface area (Å²) in [6, 6.07) is 11.0. The van der Waals surface area contributed by atoms with Gasteiger partial charge in [-0.15, -0.1) is 11.3 Å². The van der Waals surface area contributed by atoms with Crippen molar-refractivity contribution in [2.24, 2.45) is 0 Å². The molecular weight excluding hydrogens is 380 g/mol. The molecule has 2 aliphatic rings. The van der Waals surface area contributed by atoms with Crippen LogP contribution in [0, 0.1) is 0 Å². The van der Waals surface area contributed by atoms with Crippen molar-refractivity contribution in [2.75, 3.05) is 5.32 Å².